The van der Waals surface area contributed by atoms with Gasteiger partial charge in [0.25, 0.3) is 0 Å². The Balaban J connectivity index is 2.10. The van der Waals surface area contributed by atoms with Crippen LogP contribution >= 0.6 is 0 Å². The van der Waals surface area contributed by atoms with Gasteiger partial charge < -0.3 is 10.0 Å². The largest absolute Gasteiger partial charge is 0.488 e. The highest BCUT2D eigenvalue weighted by atomic mass is 16.4. The van der Waals surface area contributed by atoms with Crippen LogP contribution in [-0.2, 0) is 0 Å². The summed E-state index contributed by atoms with van der Waals surface area (Å²) in [6, 6.07) is 15.2. The molecule has 2 aromatic rings. The van der Waals surface area contributed by atoms with Crippen LogP contribution in [0, 0.1) is 0 Å². The molecule has 0 atom stereocenters. The van der Waals surface area contributed by atoms with Crippen LogP contribution in [0.15, 0.2) is 55.1 Å². The Labute approximate surface area is 113 Å². The van der Waals surface area contributed by atoms with Gasteiger partial charge in [-0.3, -0.25) is 0 Å². The molecular weight excluding hydrogens is 235 g/mol. The van der Waals surface area contributed by atoms with Gasteiger partial charge in [-0.05, 0) is 22.2 Å². The Morgan fingerprint density at radius 2 is 1.16 bits per heavy atom. The van der Waals surface area contributed by atoms with E-state index in [0.717, 1.165) is 16.7 Å². The van der Waals surface area contributed by atoms with E-state index in [2.05, 4.69) is 6.58 Å². The maximum absolute atomic E-state index is 9.00. The quantitative estimate of drug-likeness (QED) is 0.645. The molecule has 2 rings (SSSR count). The first-order valence-corrected chi connectivity index (χ1v) is 6.06. The van der Waals surface area contributed by atoms with Crippen LogP contribution in [0.3, 0.4) is 0 Å². The highest BCUT2D eigenvalue weighted by Crippen LogP contribution is 2.10. The Morgan fingerprint density at radius 3 is 1.58 bits per heavy atom. The summed E-state index contributed by atoms with van der Waals surface area (Å²) in [7, 11) is -1.41. The van der Waals surface area contributed by atoms with Crippen molar-refractivity contribution in [2.75, 3.05) is 0 Å². The van der Waals surface area contributed by atoms with Gasteiger partial charge in [-0.15, -0.1) is 0 Å². The van der Waals surface area contributed by atoms with Gasteiger partial charge in [0, 0.05) is 0 Å². The van der Waals surface area contributed by atoms with Crippen molar-refractivity contribution < 1.29 is 10.0 Å². The molecule has 3 heteroatoms. The molecule has 0 aliphatic carbocycles. The van der Waals surface area contributed by atoms with Crippen molar-refractivity contribution in [1.82, 2.24) is 0 Å². The summed E-state index contributed by atoms with van der Waals surface area (Å²) < 4.78 is 0. The monoisotopic (exact) mass is 250 g/mol. The molecule has 0 unspecified atom stereocenters. The maximum Gasteiger partial charge on any atom is 0.488 e. The molecule has 19 heavy (non-hydrogen) atoms. The maximum atomic E-state index is 9.00. The number of hydrogen-bond donors (Lipinski definition) is 2. The van der Waals surface area contributed by atoms with Crippen LogP contribution in [-0.4, -0.2) is 17.2 Å². The molecule has 0 amide bonds. The van der Waals surface area contributed by atoms with Crippen molar-refractivity contribution >= 4 is 30.8 Å². The molecule has 0 aliphatic rings. The summed E-state index contributed by atoms with van der Waals surface area (Å²) in [6.07, 6.45) is 5.81. The lowest BCUT2D eigenvalue weighted by Gasteiger charge is -2.00. The van der Waals surface area contributed by atoms with Crippen molar-refractivity contribution in [1.29, 1.82) is 0 Å². The first kappa shape index (κ1) is 13.3. The Morgan fingerprint density at radius 1 is 0.737 bits per heavy atom. The lowest BCUT2D eigenvalue weighted by atomic mass is 9.80. The molecule has 0 saturated heterocycles. The molecule has 0 bridgehead atoms. The summed E-state index contributed by atoms with van der Waals surface area (Å²) >= 11 is 0. The van der Waals surface area contributed by atoms with Crippen molar-refractivity contribution in [3.63, 3.8) is 0 Å². The van der Waals surface area contributed by atoms with E-state index in [1.54, 1.807) is 12.1 Å². The van der Waals surface area contributed by atoms with Crippen LogP contribution in [0.2, 0.25) is 0 Å². The lowest BCUT2D eigenvalue weighted by molar-refractivity contribution is 0.426. The number of hydrogen-bond acceptors (Lipinski definition) is 2. The average Bonchev–Trinajstić information content (AvgIpc) is 2.46. The third kappa shape index (κ3) is 3.68. The smallest absolute Gasteiger partial charge is 0.423 e. The van der Waals surface area contributed by atoms with E-state index in [-0.39, 0.29) is 0 Å². The van der Waals surface area contributed by atoms with Crippen LogP contribution < -0.4 is 5.46 Å². The molecule has 0 aliphatic heterocycles. The van der Waals surface area contributed by atoms with Crippen LogP contribution in [0.25, 0.3) is 18.2 Å². The topological polar surface area (TPSA) is 40.5 Å². The molecule has 2 N–H and O–H groups in total. The minimum atomic E-state index is -1.41. The van der Waals surface area contributed by atoms with E-state index >= 15 is 0 Å². The normalized spacial score (nSPS) is 10.6. The highest BCUT2D eigenvalue weighted by Gasteiger charge is 2.08. The van der Waals surface area contributed by atoms with Gasteiger partial charge in [0.1, 0.15) is 0 Å². The third-order valence-electron chi connectivity index (χ3n) is 2.88. The van der Waals surface area contributed by atoms with Crippen molar-refractivity contribution in [2.24, 2.45) is 0 Å². The van der Waals surface area contributed by atoms with Crippen molar-refractivity contribution in [2.45, 2.75) is 0 Å². The SMILES string of the molecule is C=Cc1ccc(C=Cc2ccc(B(O)O)cc2)cc1. The second-order valence-corrected chi connectivity index (χ2v) is 4.24. The molecule has 94 valence electrons. The zero-order chi connectivity index (χ0) is 13.7. The van der Waals surface area contributed by atoms with Crippen LogP contribution in [0.5, 0.6) is 0 Å². The number of rotatable bonds is 4. The second-order valence-electron chi connectivity index (χ2n) is 4.24. The molecule has 2 aromatic carbocycles. The Bertz CT molecular complexity index is 569. The summed E-state index contributed by atoms with van der Waals surface area (Å²) in [4.78, 5) is 0. The zero-order valence-electron chi connectivity index (χ0n) is 10.5. The van der Waals surface area contributed by atoms with Gasteiger partial charge in [0.05, 0.1) is 0 Å². The van der Waals surface area contributed by atoms with Gasteiger partial charge in [-0.25, -0.2) is 0 Å². The molecular formula is C16H15BO2. The van der Waals surface area contributed by atoms with Gasteiger partial charge >= 0.3 is 7.12 Å². The minimum absolute atomic E-state index is 0.493. The van der Waals surface area contributed by atoms with E-state index in [0.29, 0.717) is 5.46 Å². The van der Waals surface area contributed by atoms with E-state index in [9.17, 15) is 0 Å². The predicted molar refractivity (Wildman–Crippen MR) is 81.7 cm³/mol. The fraction of sp³-hybridized carbons (Fsp3) is 0. The summed E-state index contributed by atoms with van der Waals surface area (Å²) in [5.74, 6) is 0. The van der Waals surface area contributed by atoms with Crippen molar-refractivity contribution in [3.8, 4) is 0 Å². The summed E-state index contributed by atoms with van der Waals surface area (Å²) in [5, 5.41) is 18.0. The van der Waals surface area contributed by atoms with Crippen molar-refractivity contribution in [3.05, 3.63) is 71.8 Å². The second kappa shape index (κ2) is 6.18. The van der Waals surface area contributed by atoms with Gasteiger partial charge in [-0.2, -0.15) is 0 Å². The fourth-order valence-corrected chi connectivity index (χ4v) is 1.71. The first-order valence-electron chi connectivity index (χ1n) is 6.06. The molecule has 0 aromatic heterocycles. The van der Waals surface area contributed by atoms with E-state index in [1.807, 2.05) is 54.6 Å². The van der Waals surface area contributed by atoms with Crippen LogP contribution in [0.4, 0.5) is 0 Å². The van der Waals surface area contributed by atoms with E-state index < -0.39 is 7.12 Å². The molecule has 2 nitrogen and oxygen atoms in total. The van der Waals surface area contributed by atoms with Crippen LogP contribution in [0.1, 0.15) is 16.7 Å². The molecule has 0 fully saturated rings. The number of benzene rings is 2. The lowest BCUT2D eigenvalue weighted by Crippen LogP contribution is -2.29. The fourth-order valence-electron chi connectivity index (χ4n) is 1.71. The molecule has 0 heterocycles. The summed E-state index contributed by atoms with van der Waals surface area (Å²) in [6.45, 7) is 3.72. The molecule has 0 spiro atoms. The third-order valence-corrected chi connectivity index (χ3v) is 2.88. The Kier molecular flexibility index (Phi) is 4.34. The van der Waals surface area contributed by atoms with E-state index in [1.165, 1.54) is 0 Å². The molecule has 0 radical (unpaired) electrons. The van der Waals surface area contributed by atoms with Gasteiger partial charge in [0.15, 0.2) is 0 Å². The Hall–Kier alpha value is -2.10. The first-order chi connectivity index (χ1) is 9.19. The van der Waals surface area contributed by atoms with E-state index in [4.69, 9.17) is 10.0 Å². The minimum Gasteiger partial charge on any atom is -0.423 e. The predicted octanol–water partition coefficient (Wildman–Crippen LogP) is 2.18. The highest BCUT2D eigenvalue weighted by molar-refractivity contribution is 6.58. The molecule has 0 saturated carbocycles. The van der Waals surface area contributed by atoms with Gasteiger partial charge in [-0.1, -0.05) is 73.3 Å². The van der Waals surface area contributed by atoms with Gasteiger partial charge in [0.2, 0.25) is 0 Å². The zero-order valence-corrected chi connectivity index (χ0v) is 10.5. The average molecular weight is 250 g/mol. The standard InChI is InChI=1S/C16H15BO2/c1-2-13-3-5-14(6-4-13)7-8-15-9-11-16(12-10-15)17(18)19/h2-12,18-19H,1H2. The summed E-state index contributed by atoms with van der Waals surface area (Å²) in [5.41, 5.74) is 3.71.